The second-order valence-electron chi connectivity index (χ2n) is 6.64. The van der Waals surface area contributed by atoms with Crippen molar-refractivity contribution in [1.82, 2.24) is 0 Å². The fourth-order valence-corrected chi connectivity index (χ4v) is 2.92. The van der Waals surface area contributed by atoms with Crippen molar-refractivity contribution in [2.75, 3.05) is 13.7 Å². The number of rotatable bonds is 10. The van der Waals surface area contributed by atoms with Crippen LogP contribution in [0.1, 0.15) is 24.5 Å². The maximum atomic E-state index is 12.2. The van der Waals surface area contributed by atoms with E-state index < -0.39 is 0 Å². The van der Waals surface area contributed by atoms with Gasteiger partial charge in [0.2, 0.25) is 0 Å². The van der Waals surface area contributed by atoms with Crippen LogP contribution in [-0.4, -0.2) is 19.7 Å². The number of carbonyl (C=O) groups is 1. The number of benzene rings is 3. The van der Waals surface area contributed by atoms with E-state index in [2.05, 4.69) is 0 Å². The summed E-state index contributed by atoms with van der Waals surface area (Å²) in [6.45, 7) is 2.98. The molecule has 0 saturated carbocycles. The second-order valence-corrected chi connectivity index (χ2v) is 6.64. The minimum Gasteiger partial charge on any atom is -0.493 e. The van der Waals surface area contributed by atoms with Crippen LogP contribution < -0.4 is 18.9 Å². The summed E-state index contributed by atoms with van der Waals surface area (Å²) in [7, 11) is 1.60. The monoisotopic (exact) mass is 406 g/mol. The molecule has 0 atom stereocenters. The van der Waals surface area contributed by atoms with Crippen molar-refractivity contribution in [3.8, 4) is 23.0 Å². The van der Waals surface area contributed by atoms with Crippen molar-refractivity contribution in [3.63, 3.8) is 0 Å². The topological polar surface area (TPSA) is 54.0 Å². The number of hydrogen-bond acceptors (Lipinski definition) is 5. The van der Waals surface area contributed by atoms with E-state index in [-0.39, 0.29) is 12.4 Å². The van der Waals surface area contributed by atoms with E-state index in [1.54, 1.807) is 31.4 Å². The molecular formula is C25H26O5. The Bertz CT molecular complexity index is 936. The van der Waals surface area contributed by atoms with Gasteiger partial charge in [0.1, 0.15) is 18.1 Å². The third-order valence-electron chi connectivity index (χ3n) is 4.45. The molecule has 0 bridgehead atoms. The normalized spacial score (nSPS) is 10.3. The molecule has 5 heteroatoms. The van der Waals surface area contributed by atoms with Crippen LogP contribution in [0, 0.1) is 0 Å². The predicted octanol–water partition coefficient (Wildman–Crippen LogP) is 5.21. The first kappa shape index (κ1) is 21.2. The first-order chi connectivity index (χ1) is 14.7. The maximum absolute atomic E-state index is 12.2. The van der Waals surface area contributed by atoms with Crippen molar-refractivity contribution in [2.45, 2.75) is 26.4 Å². The molecule has 3 rings (SSSR count). The predicted molar refractivity (Wildman–Crippen MR) is 115 cm³/mol. The van der Waals surface area contributed by atoms with Gasteiger partial charge in [0, 0.05) is 6.42 Å². The molecule has 30 heavy (non-hydrogen) atoms. The fourth-order valence-electron chi connectivity index (χ4n) is 2.92. The molecule has 0 saturated heterocycles. The zero-order valence-corrected chi connectivity index (χ0v) is 17.3. The molecule has 0 radical (unpaired) electrons. The van der Waals surface area contributed by atoms with Gasteiger partial charge in [-0.25, -0.2) is 0 Å². The van der Waals surface area contributed by atoms with E-state index in [0.29, 0.717) is 36.9 Å². The Morgan fingerprint density at radius 2 is 1.53 bits per heavy atom. The van der Waals surface area contributed by atoms with Crippen molar-refractivity contribution < 1.29 is 23.7 Å². The van der Waals surface area contributed by atoms with Crippen LogP contribution in [0.4, 0.5) is 0 Å². The third kappa shape index (κ3) is 6.27. The molecule has 3 aromatic rings. The van der Waals surface area contributed by atoms with Gasteiger partial charge in [-0.1, -0.05) is 36.4 Å². The molecule has 3 aromatic carbocycles. The molecule has 0 heterocycles. The van der Waals surface area contributed by atoms with Crippen LogP contribution >= 0.6 is 0 Å². The molecule has 0 N–H and O–H groups in total. The molecule has 0 aliphatic rings. The lowest BCUT2D eigenvalue weighted by atomic mass is 10.1. The summed E-state index contributed by atoms with van der Waals surface area (Å²) >= 11 is 0. The average Bonchev–Trinajstić information content (AvgIpc) is 2.79. The summed E-state index contributed by atoms with van der Waals surface area (Å²) in [4.78, 5) is 12.2. The Morgan fingerprint density at radius 3 is 2.23 bits per heavy atom. The highest BCUT2D eigenvalue weighted by molar-refractivity contribution is 5.72. The Kier molecular flexibility index (Phi) is 7.72. The SMILES string of the molecule is CCOc1ccc(CCC(=O)Oc2ccc(OCc3ccccc3)cc2)cc1OC. The van der Waals surface area contributed by atoms with Gasteiger partial charge in [-0.15, -0.1) is 0 Å². The van der Waals surface area contributed by atoms with E-state index in [9.17, 15) is 4.79 Å². The number of esters is 1. The highest BCUT2D eigenvalue weighted by Gasteiger charge is 2.09. The van der Waals surface area contributed by atoms with E-state index >= 15 is 0 Å². The van der Waals surface area contributed by atoms with Gasteiger partial charge < -0.3 is 18.9 Å². The number of methoxy groups -OCH3 is 1. The summed E-state index contributed by atoms with van der Waals surface area (Å²) in [5, 5.41) is 0. The van der Waals surface area contributed by atoms with Gasteiger partial charge in [-0.3, -0.25) is 4.79 Å². The van der Waals surface area contributed by atoms with Crippen LogP contribution in [0.5, 0.6) is 23.0 Å². The van der Waals surface area contributed by atoms with E-state index in [1.807, 2.05) is 55.5 Å². The van der Waals surface area contributed by atoms with Crippen molar-refractivity contribution in [2.24, 2.45) is 0 Å². The van der Waals surface area contributed by atoms with Gasteiger partial charge in [0.15, 0.2) is 11.5 Å². The number of hydrogen-bond donors (Lipinski definition) is 0. The lowest BCUT2D eigenvalue weighted by Gasteiger charge is -2.11. The van der Waals surface area contributed by atoms with Gasteiger partial charge >= 0.3 is 5.97 Å². The molecule has 0 fully saturated rings. The molecule has 156 valence electrons. The molecule has 0 aliphatic carbocycles. The smallest absolute Gasteiger partial charge is 0.311 e. The average molecular weight is 406 g/mol. The van der Waals surface area contributed by atoms with Gasteiger partial charge in [0.05, 0.1) is 13.7 Å². The van der Waals surface area contributed by atoms with Crippen LogP contribution in [0.2, 0.25) is 0 Å². The Morgan fingerprint density at radius 1 is 0.800 bits per heavy atom. The maximum Gasteiger partial charge on any atom is 0.311 e. The van der Waals surface area contributed by atoms with Crippen LogP contribution in [0.25, 0.3) is 0 Å². The molecule has 0 aliphatic heterocycles. The molecule has 0 spiro atoms. The summed E-state index contributed by atoms with van der Waals surface area (Å²) < 4.78 is 22.0. The number of ether oxygens (including phenoxy) is 4. The lowest BCUT2D eigenvalue weighted by Crippen LogP contribution is -2.09. The standard InChI is InChI=1S/C25H26O5/c1-3-28-23-15-9-19(17-24(23)27-2)10-16-25(26)30-22-13-11-21(12-14-22)29-18-20-7-5-4-6-8-20/h4-9,11-15,17H,3,10,16,18H2,1-2H3. The zero-order chi connectivity index (χ0) is 21.2. The third-order valence-corrected chi connectivity index (χ3v) is 4.45. The molecule has 5 nitrogen and oxygen atoms in total. The largest absolute Gasteiger partial charge is 0.493 e. The Labute approximate surface area is 177 Å². The Hall–Kier alpha value is -3.47. The highest BCUT2D eigenvalue weighted by atomic mass is 16.5. The van der Waals surface area contributed by atoms with Crippen LogP contribution in [0.15, 0.2) is 72.8 Å². The number of aryl methyl sites for hydroxylation is 1. The van der Waals surface area contributed by atoms with Crippen molar-refractivity contribution in [1.29, 1.82) is 0 Å². The van der Waals surface area contributed by atoms with Gasteiger partial charge in [0.25, 0.3) is 0 Å². The first-order valence-electron chi connectivity index (χ1n) is 9.95. The Balaban J connectivity index is 1.47. The molecule has 0 amide bonds. The summed E-state index contributed by atoms with van der Waals surface area (Å²) in [5.74, 6) is 2.28. The zero-order valence-electron chi connectivity index (χ0n) is 17.3. The lowest BCUT2D eigenvalue weighted by molar-refractivity contribution is -0.134. The summed E-state index contributed by atoms with van der Waals surface area (Å²) in [6, 6.07) is 22.7. The quantitative estimate of drug-likeness (QED) is 0.342. The fraction of sp³-hybridized carbons (Fsp3) is 0.240. The summed E-state index contributed by atoms with van der Waals surface area (Å²) in [6.07, 6.45) is 0.823. The van der Waals surface area contributed by atoms with E-state index in [1.165, 1.54) is 0 Å². The first-order valence-corrected chi connectivity index (χ1v) is 9.95. The van der Waals surface area contributed by atoms with Crippen molar-refractivity contribution >= 4 is 5.97 Å². The van der Waals surface area contributed by atoms with Gasteiger partial charge in [-0.05, 0) is 60.9 Å². The molecule has 0 unspecified atom stereocenters. The highest BCUT2D eigenvalue weighted by Crippen LogP contribution is 2.28. The van der Waals surface area contributed by atoms with E-state index in [4.69, 9.17) is 18.9 Å². The number of carbonyl (C=O) groups excluding carboxylic acids is 1. The second kappa shape index (κ2) is 10.9. The molecule has 0 aromatic heterocycles. The summed E-state index contributed by atoms with van der Waals surface area (Å²) in [5.41, 5.74) is 2.08. The van der Waals surface area contributed by atoms with Gasteiger partial charge in [-0.2, -0.15) is 0 Å². The van der Waals surface area contributed by atoms with Crippen LogP contribution in [0.3, 0.4) is 0 Å². The minimum absolute atomic E-state index is 0.267. The minimum atomic E-state index is -0.291. The molecular weight excluding hydrogens is 380 g/mol. The van der Waals surface area contributed by atoms with E-state index in [0.717, 1.165) is 16.9 Å². The van der Waals surface area contributed by atoms with Crippen LogP contribution in [-0.2, 0) is 17.8 Å². The van der Waals surface area contributed by atoms with Crippen molar-refractivity contribution in [3.05, 3.63) is 83.9 Å².